The lowest BCUT2D eigenvalue weighted by molar-refractivity contribution is -0.147. The van der Waals surface area contributed by atoms with Gasteiger partial charge < -0.3 is 10.5 Å². The molecule has 0 fully saturated rings. The molecule has 0 bridgehead atoms. The summed E-state index contributed by atoms with van der Waals surface area (Å²) < 4.78 is 6.00. The third kappa shape index (κ3) is 4.33. The zero-order valence-electron chi connectivity index (χ0n) is 9.44. The second-order valence-electron chi connectivity index (χ2n) is 3.90. The summed E-state index contributed by atoms with van der Waals surface area (Å²) in [6.07, 6.45) is 0.108. The van der Waals surface area contributed by atoms with Gasteiger partial charge in [0.1, 0.15) is 0 Å². The van der Waals surface area contributed by atoms with E-state index < -0.39 is 0 Å². The highest BCUT2D eigenvalue weighted by Gasteiger charge is 2.13. The van der Waals surface area contributed by atoms with E-state index in [2.05, 4.69) is 15.9 Å². The lowest BCUT2D eigenvalue weighted by atomic mass is 10.1. The molecule has 2 N–H and O–H groups in total. The van der Waals surface area contributed by atoms with Crippen molar-refractivity contribution in [3.8, 4) is 0 Å². The largest absolute Gasteiger partial charge is 0.463 e. The molecule has 16 heavy (non-hydrogen) atoms. The van der Waals surface area contributed by atoms with Gasteiger partial charge in [-0.25, -0.2) is 0 Å². The maximum atomic E-state index is 11.4. The molecule has 1 rings (SSSR count). The Morgan fingerprint density at radius 2 is 2.19 bits per heavy atom. The van der Waals surface area contributed by atoms with Gasteiger partial charge in [-0.05, 0) is 31.5 Å². The summed E-state index contributed by atoms with van der Waals surface area (Å²) in [5.41, 5.74) is 6.84. The second-order valence-corrected chi connectivity index (χ2v) is 4.82. The maximum absolute atomic E-state index is 11.4. The SMILES string of the molecule is CC(C)OC(=O)CC(N)c1cccc(Br)c1. The summed E-state index contributed by atoms with van der Waals surface area (Å²) >= 11 is 3.37. The lowest BCUT2D eigenvalue weighted by Gasteiger charge is -2.13. The van der Waals surface area contributed by atoms with E-state index in [0.29, 0.717) is 0 Å². The predicted molar refractivity (Wildman–Crippen MR) is 66.9 cm³/mol. The molecule has 4 heteroatoms. The first-order valence-corrected chi connectivity index (χ1v) is 5.99. The van der Waals surface area contributed by atoms with Crippen molar-refractivity contribution >= 4 is 21.9 Å². The number of esters is 1. The number of carbonyl (C=O) groups is 1. The van der Waals surface area contributed by atoms with Gasteiger partial charge in [0.2, 0.25) is 0 Å². The monoisotopic (exact) mass is 285 g/mol. The normalized spacial score (nSPS) is 12.6. The summed E-state index contributed by atoms with van der Waals surface area (Å²) in [4.78, 5) is 11.4. The third-order valence-electron chi connectivity index (χ3n) is 2.03. The molecule has 0 radical (unpaired) electrons. The minimum absolute atomic E-state index is 0.0952. The molecule has 1 aromatic rings. The second kappa shape index (κ2) is 6.01. The summed E-state index contributed by atoms with van der Waals surface area (Å²) in [5.74, 6) is -0.262. The standard InChI is InChI=1S/C12H16BrNO2/c1-8(2)16-12(15)7-11(14)9-4-3-5-10(13)6-9/h3-6,8,11H,7,14H2,1-2H3. The molecule has 0 saturated carbocycles. The number of hydrogen-bond acceptors (Lipinski definition) is 3. The number of benzene rings is 1. The van der Waals surface area contributed by atoms with Crippen molar-refractivity contribution in [2.45, 2.75) is 32.4 Å². The molecule has 0 amide bonds. The van der Waals surface area contributed by atoms with Gasteiger partial charge in [0.15, 0.2) is 0 Å². The van der Waals surface area contributed by atoms with Crippen LogP contribution >= 0.6 is 15.9 Å². The van der Waals surface area contributed by atoms with Crippen molar-refractivity contribution in [3.63, 3.8) is 0 Å². The maximum Gasteiger partial charge on any atom is 0.307 e. The number of carbonyl (C=O) groups excluding carboxylic acids is 1. The van der Waals surface area contributed by atoms with Gasteiger partial charge >= 0.3 is 5.97 Å². The minimum Gasteiger partial charge on any atom is -0.463 e. The van der Waals surface area contributed by atoms with E-state index >= 15 is 0 Å². The van der Waals surface area contributed by atoms with Crippen LogP contribution < -0.4 is 5.73 Å². The summed E-state index contributed by atoms with van der Waals surface area (Å²) in [6, 6.07) is 7.31. The Bertz CT molecular complexity index is 366. The van der Waals surface area contributed by atoms with Gasteiger partial charge in [-0.2, -0.15) is 0 Å². The van der Waals surface area contributed by atoms with Crippen LogP contribution in [0.3, 0.4) is 0 Å². The van der Waals surface area contributed by atoms with Crippen molar-refractivity contribution in [3.05, 3.63) is 34.3 Å². The molecule has 0 aromatic heterocycles. The molecule has 3 nitrogen and oxygen atoms in total. The van der Waals surface area contributed by atoms with Crippen molar-refractivity contribution in [2.75, 3.05) is 0 Å². The van der Waals surface area contributed by atoms with Crippen molar-refractivity contribution in [2.24, 2.45) is 5.73 Å². The molecule has 1 unspecified atom stereocenters. The van der Waals surface area contributed by atoms with Crippen LogP contribution in [0.5, 0.6) is 0 Å². The smallest absolute Gasteiger partial charge is 0.307 e. The van der Waals surface area contributed by atoms with E-state index in [1.165, 1.54) is 0 Å². The third-order valence-corrected chi connectivity index (χ3v) is 2.52. The number of hydrogen-bond donors (Lipinski definition) is 1. The molecule has 88 valence electrons. The van der Waals surface area contributed by atoms with Crippen LogP contribution in [0, 0.1) is 0 Å². The van der Waals surface area contributed by atoms with Crippen LogP contribution in [0.4, 0.5) is 0 Å². The first-order valence-electron chi connectivity index (χ1n) is 5.19. The number of rotatable bonds is 4. The van der Waals surface area contributed by atoms with Crippen LogP contribution in [-0.4, -0.2) is 12.1 Å². The number of halogens is 1. The Labute approximate surface area is 104 Å². The van der Waals surface area contributed by atoms with E-state index in [0.717, 1.165) is 10.0 Å². The van der Waals surface area contributed by atoms with Gasteiger partial charge in [0.05, 0.1) is 12.5 Å². The number of nitrogens with two attached hydrogens (primary N) is 1. The van der Waals surface area contributed by atoms with Crippen LogP contribution in [0.25, 0.3) is 0 Å². The van der Waals surface area contributed by atoms with Crippen molar-refractivity contribution < 1.29 is 9.53 Å². The molecular formula is C12H16BrNO2. The molecular weight excluding hydrogens is 270 g/mol. The molecule has 0 spiro atoms. The van der Waals surface area contributed by atoms with Gasteiger partial charge in [-0.15, -0.1) is 0 Å². The Hall–Kier alpha value is -0.870. The van der Waals surface area contributed by atoms with Gasteiger partial charge in [-0.3, -0.25) is 4.79 Å². The fraction of sp³-hybridized carbons (Fsp3) is 0.417. The van der Waals surface area contributed by atoms with Crippen LogP contribution in [-0.2, 0) is 9.53 Å². The Kier molecular flexibility index (Phi) is 4.96. The van der Waals surface area contributed by atoms with Crippen LogP contribution in [0.1, 0.15) is 31.9 Å². The topological polar surface area (TPSA) is 52.3 Å². The molecule has 0 aliphatic carbocycles. The zero-order valence-corrected chi connectivity index (χ0v) is 11.0. The molecule has 1 aromatic carbocycles. The summed E-state index contributed by atoms with van der Waals surface area (Å²) in [7, 11) is 0. The molecule has 1 atom stereocenters. The van der Waals surface area contributed by atoms with E-state index in [-0.39, 0.29) is 24.5 Å². The minimum atomic E-state index is -0.316. The summed E-state index contributed by atoms with van der Waals surface area (Å²) in [5, 5.41) is 0. The van der Waals surface area contributed by atoms with Gasteiger partial charge in [0.25, 0.3) is 0 Å². The summed E-state index contributed by atoms with van der Waals surface area (Å²) in [6.45, 7) is 3.64. The first kappa shape index (κ1) is 13.2. The fourth-order valence-electron chi connectivity index (χ4n) is 1.35. The Morgan fingerprint density at radius 3 is 2.75 bits per heavy atom. The Morgan fingerprint density at radius 1 is 1.50 bits per heavy atom. The molecule has 0 heterocycles. The lowest BCUT2D eigenvalue weighted by Crippen LogP contribution is -2.19. The molecule has 0 aliphatic rings. The van der Waals surface area contributed by atoms with E-state index in [4.69, 9.17) is 10.5 Å². The number of ether oxygens (including phenoxy) is 1. The predicted octanol–water partition coefficient (Wildman–Crippen LogP) is 2.79. The average molecular weight is 286 g/mol. The zero-order chi connectivity index (χ0) is 12.1. The highest BCUT2D eigenvalue weighted by atomic mass is 79.9. The van der Waals surface area contributed by atoms with Crippen LogP contribution in [0.15, 0.2) is 28.7 Å². The quantitative estimate of drug-likeness (QED) is 0.866. The first-order chi connectivity index (χ1) is 7.49. The van der Waals surface area contributed by atoms with Gasteiger partial charge in [0, 0.05) is 10.5 Å². The van der Waals surface area contributed by atoms with E-state index in [1.54, 1.807) is 0 Å². The van der Waals surface area contributed by atoms with E-state index in [9.17, 15) is 4.79 Å². The van der Waals surface area contributed by atoms with Crippen LogP contribution in [0.2, 0.25) is 0 Å². The fourth-order valence-corrected chi connectivity index (χ4v) is 1.76. The van der Waals surface area contributed by atoms with Crippen molar-refractivity contribution in [1.82, 2.24) is 0 Å². The highest BCUT2D eigenvalue weighted by molar-refractivity contribution is 9.10. The molecule has 0 aliphatic heterocycles. The van der Waals surface area contributed by atoms with E-state index in [1.807, 2.05) is 38.1 Å². The van der Waals surface area contributed by atoms with Gasteiger partial charge in [-0.1, -0.05) is 28.1 Å². The molecule has 0 saturated heterocycles. The van der Waals surface area contributed by atoms with Crippen molar-refractivity contribution in [1.29, 1.82) is 0 Å². The average Bonchev–Trinajstić information content (AvgIpc) is 2.16. The highest BCUT2D eigenvalue weighted by Crippen LogP contribution is 2.19. The Balaban J connectivity index is 2.58.